The van der Waals surface area contributed by atoms with Crippen molar-refractivity contribution in [2.24, 2.45) is 17.4 Å². The Hall–Kier alpha value is -1.99. The van der Waals surface area contributed by atoms with Gasteiger partial charge in [-0.15, -0.1) is 0 Å². The average molecular weight is 466 g/mol. The molecule has 0 aromatic rings. The van der Waals surface area contributed by atoms with Crippen LogP contribution in [0.1, 0.15) is 33.1 Å². The molecule has 0 aliphatic rings. The van der Waals surface area contributed by atoms with E-state index in [0.29, 0.717) is 6.42 Å². The largest absolute Gasteiger partial charge is 0.480 e. The van der Waals surface area contributed by atoms with Crippen LogP contribution in [0, 0.1) is 5.92 Å². The highest BCUT2D eigenvalue weighted by molar-refractivity contribution is 7.80. The van der Waals surface area contributed by atoms with Crippen LogP contribution >= 0.6 is 25.3 Å². The maximum Gasteiger partial charge on any atom is 0.327 e. The first kappa shape index (κ1) is 28.0. The monoisotopic (exact) mass is 465 g/mol. The number of hydrogen-bond donors (Lipinski definition) is 8. The van der Waals surface area contributed by atoms with Crippen LogP contribution in [-0.2, 0) is 24.0 Å². The predicted molar refractivity (Wildman–Crippen MR) is 117 cm³/mol. The smallest absolute Gasteiger partial charge is 0.327 e. The van der Waals surface area contributed by atoms with E-state index in [1.807, 2.05) is 0 Å². The molecule has 0 bridgehead atoms. The summed E-state index contributed by atoms with van der Waals surface area (Å²) in [5, 5.41) is 16.4. The van der Waals surface area contributed by atoms with Crippen molar-refractivity contribution in [3.05, 3.63) is 0 Å². The van der Waals surface area contributed by atoms with Crippen LogP contribution in [0.15, 0.2) is 0 Å². The van der Waals surface area contributed by atoms with Crippen molar-refractivity contribution in [2.75, 3.05) is 11.5 Å². The average Bonchev–Trinajstić information content (AvgIpc) is 2.70. The van der Waals surface area contributed by atoms with E-state index in [0.717, 1.165) is 0 Å². The highest BCUT2D eigenvalue weighted by atomic mass is 32.1. The van der Waals surface area contributed by atoms with Crippen LogP contribution in [0.5, 0.6) is 0 Å². The summed E-state index contributed by atoms with van der Waals surface area (Å²) in [6.45, 7) is 3.50. The minimum Gasteiger partial charge on any atom is -0.480 e. The number of carbonyl (C=O) groups is 5. The molecule has 0 aliphatic heterocycles. The van der Waals surface area contributed by atoms with Gasteiger partial charge in [-0.05, 0) is 12.3 Å². The summed E-state index contributed by atoms with van der Waals surface area (Å²) in [5.41, 5.74) is 10.7. The molecule has 4 amide bonds. The number of primary amides is 1. The Bertz CT molecular complexity index is 636. The number of carboxylic acid groups (broad SMARTS) is 1. The molecule has 30 heavy (non-hydrogen) atoms. The van der Waals surface area contributed by atoms with Crippen molar-refractivity contribution in [1.29, 1.82) is 0 Å². The molecular formula is C17H31N5O6S2. The molecule has 0 aliphatic carbocycles. The van der Waals surface area contributed by atoms with Crippen molar-refractivity contribution in [3.63, 3.8) is 0 Å². The molecule has 0 fully saturated rings. The van der Waals surface area contributed by atoms with Gasteiger partial charge < -0.3 is 32.5 Å². The molecule has 0 rings (SSSR count). The zero-order chi connectivity index (χ0) is 23.4. The summed E-state index contributed by atoms with van der Waals surface area (Å²) in [5.74, 6) is -4.47. The van der Waals surface area contributed by atoms with E-state index in [1.54, 1.807) is 13.8 Å². The van der Waals surface area contributed by atoms with E-state index < -0.39 is 53.8 Å². The molecule has 11 nitrogen and oxygen atoms in total. The summed E-state index contributed by atoms with van der Waals surface area (Å²) in [4.78, 5) is 59.7. The molecule has 0 saturated carbocycles. The second-order valence-corrected chi connectivity index (χ2v) is 7.54. The summed E-state index contributed by atoms with van der Waals surface area (Å²) in [6, 6.07) is -4.45. The lowest BCUT2D eigenvalue weighted by molar-refractivity contribution is -0.142. The van der Waals surface area contributed by atoms with Gasteiger partial charge >= 0.3 is 5.97 Å². The van der Waals surface area contributed by atoms with E-state index in [9.17, 15) is 24.0 Å². The van der Waals surface area contributed by atoms with E-state index in [2.05, 4.69) is 41.2 Å². The number of carboxylic acids is 1. The quantitative estimate of drug-likeness (QED) is 0.136. The highest BCUT2D eigenvalue weighted by Gasteiger charge is 2.32. The van der Waals surface area contributed by atoms with Gasteiger partial charge in [-0.1, -0.05) is 20.3 Å². The lowest BCUT2D eigenvalue weighted by Crippen LogP contribution is -2.59. The minimum atomic E-state index is -1.26. The summed E-state index contributed by atoms with van der Waals surface area (Å²) >= 11 is 7.82. The lowest BCUT2D eigenvalue weighted by Gasteiger charge is -2.27. The van der Waals surface area contributed by atoms with Gasteiger partial charge in [0.1, 0.15) is 18.1 Å². The SMILES string of the molecule is CCC(C)C(NC(=O)C(CCC(N)=O)NC(=O)C(N)CS)C(=O)NC(CS)C(=O)O. The maximum absolute atomic E-state index is 12.8. The molecular weight excluding hydrogens is 434 g/mol. The van der Waals surface area contributed by atoms with Crippen molar-refractivity contribution in [2.45, 2.75) is 57.3 Å². The maximum atomic E-state index is 12.8. The molecule has 0 aromatic heterocycles. The molecule has 13 heteroatoms. The molecule has 5 unspecified atom stereocenters. The normalized spacial score (nSPS) is 15.8. The van der Waals surface area contributed by atoms with Crippen molar-refractivity contribution in [3.8, 4) is 0 Å². The van der Waals surface area contributed by atoms with E-state index in [-0.39, 0.29) is 30.3 Å². The van der Waals surface area contributed by atoms with Gasteiger partial charge in [-0.2, -0.15) is 25.3 Å². The van der Waals surface area contributed by atoms with Crippen molar-refractivity contribution >= 4 is 54.9 Å². The molecule has 8 N–H and O–H groups in total. The zero-order valence-electron chi connectivity index (χ0n) is 17.0. The number of rotatable bonds is 14. The van der Waals surface area contributed by atoms with E-state index >= 15 is 0 Å². The number of amides is 4. The molecule has 0 heterocycles. The molecule has 0 spiro atoms. The van der Waals surface area contributed by atoms with Gasteiger partial charge in [0.15, 0.2) is 0 Å². The number of thiol groups is 2. The Kier molecular flexibility index (Phi) is 13.2. The molecule has 5 atom stereocenters. The molecule has 172 valence electrons. The number of aliphatic carboxylic acids is 1. The summed E-state index contributed by atoms with van der Waals surface area (Å²) < 4.78 is 0. The molecule has 0 aromatic carbocycles. The van der Waals surface area contributed by atoms with Crippen LogP contribution in [0.3, 0.4) is 0 Å². The van der Waals surface area contributed by atoms with E-state index in [4.69, 9.17) is 16.6 Å². The van der Waals surface area contributed by atoms with Gasteiger partial charge in [-0.3, -0.25) is 19.2 Å². The Labute approximate surface area is 186 Å². The fourth-order valence-electron chi connectivity index (χ4n) is 2.32. The first-order valence-corrected chi connectivity index (χ1v) is 10.6. The highest BCUT2D eigenvalue weighted by Crippen LogP contribution is 2.10. The topological polar surface area (TPSA) is 194 Å². The van der Waals surface area contributed by atoms with Gasteiger partial charge in [0.25, 0.3) is 0 Å². The first-order valence-electron chi connectivity index (χ1n) is 9.37. The number of nitrogens with two attached hydrogens (primary N) is 2. The van der Waals surface area contributed by atoms with Crippen LogP contribution < -0.4 is 27.4 Å². The van der Waals surface area contributed by atoms with Crippen LogP contribution in [0.25, 0.3) is 0 Å². The Morgan fingerprint density at radius 3 is 1.93 bits per heavy atom. The third-order valence-corrected chi connectivity index (χ3v) is 5.19. The zero-order valence-corrected chi connectivity index (χ0v) is 18.7. The predicted octanol–water partition coefficient (Wildman–Crippen LogP) is -1.98. The number of nitrogens with one attached hydrogen (secondary N) is 3. The fourth-order valence-corrected chi connectivity index (χ4v) is 2.73. The Morgan fingerprint density at radius 1 is 0.933 bits per heavy atom. The Morgan fingerprint density at radius 2 is 1.50 bits per heavy atom. The Balaban J connectivity index is 5.48. The minimum absolute atomic E-state index is 0.0359. The summed E-state index contributed by atoms with van der Waals surface area (Å²) in [6.07, 6.45) is 0.213. The van der Waals surface area contributed by atoms with Crippen LogP contribution in [-0.4, -0.2) is 70.4 Å². The van der Waals surface area contributed by atoms with Crippen molar-refractivity contribution in [1.82, 2.24) is 16.0 Å². The first-order chi connectivity index (χ1) is 14.0. The standard InChI is InChI=1S/C17H31N5O6S2/c1-3-8(2)13(16(26)21-11(7-30)17(27)28)22-15(25)10(4-5-12(19)23)20-14(24)9(18)6-29/h8-11,13,29-30H,3-7,18H2,1-2H3,(H2,19,23)(H,20,24)(H,21,26)(H,22,25)(H,27,28). The summed E-state index contributed by atoms with van der Waals surface area (Å²) in [7, 11) is 0. The number of hydrogen-bond acceptors (Lipinski definition) is 8. The van der Waals surface area contributed by atoms with Crippen LogP contribution in [0.4, 0.5) is 0 Å². The molecule has 0 radical (unpaired) electrons. The molecule has 0 saturated heterocycles. The van der Waals surface area contributed by atoms with Gasteiger partial charge in [0.05, 0.1) is 6.04 Å². The van der Waals surface area contributed by atoms with E-state index in [1.165, 1.54) is 0 Å². The third kappa shape index (κ3) is 9.67. The van der Waals surface area contributed by atoms with Crippen LogP contribution in [0.2, 0.25) is 0 Å². The third-order valence-electron chi connectivity index (χ3n) is 4.44. The van der Waals surface area contributed by atoms with Gasteiger partial charge in [0, 0.05) is 17.9 Å². The second-order valence-electron chi connectivity index (χ2n) is 6.81. The van der Waals surface area contributed by atoms with Gasteiger partial charge in [-0.25, -0.2) is 4.79 Å². The fraction of sp³-hybridized carbons (Fsp3) is 0.706. The lowest BCUT2D eigenvalue weighted by atomic mass is 9.97. The second kappa shape index (κ2) is 14.1. The number of carbonyl (C=O) groups excluding carboxylic acids is 4. The van der Waals surface area contributed by atoms with Crippen molar-refractivity contribution < 1.29 is 29.1 Å². The van der Waals surface area contributed by atoms with Gasteiger partial charge in [0.2, 0.25) is 23.6 Å².